The maximum atomic E-state index is 11.5. The summed E-state index contributed by atoms with van der Waals surface area (Å²) in [7, 11) is 0. The monoisotopic (exact) mass is 299 g/mol. The number of carbonyl (C=O) groups excluding carboxylic acids is 1. The zero-order chi connectivity index (χ0) is 15.3. The smallest absolute Gasteiger partial charge is 0.314 e. The zero-order valence-electron chi connectivity index (χ0n) is 12.2. The van der Waals surface area contributed by atoms with Crippen LogP contribution in [0.3, 0.4) is 0 Å². The Morgan fingerprint density at radius 1 is 1.45 bits per heavy atom. The van der Waals surface area contributed by atoms with Crippen LogP contribution in [0.15, 0.2) is 18.5 Å². The summed E-state index contributed by atoms with van der Waals surface area (Å²) in [5, 5.41) is 8.61. The number of urea groups is 1. The number of rotatable bonds is 2. The number of nitrogens with zero attached hydrogens (tertiary/aromatic N) is 5. The Balaban J connectivity index is 1.86. The van der Waals surface area contributed by atoms with Crippen molar-refractivity contribution in [3.8, 4) is 0 Å². The molecule has 4 rings (SSSR count). The van der Waals surface area contributed by atoms with E-state index >= 15 is 0 Å². The molecule has 8 heteroatoms. The number of H-pyrrole nitrogens is 1. The van der Waals surface area contributed by atoms with Crippen LogP contribution in [0.1, 0.15) is 25.1 Å². The van der Waals surface area contributed by atoms with Crippen molar-refractivity contribution in [2.45, 2.75) is 19.3 Å². The Kier molecular flexibility index (Phi) is 2.78. The van der Waals surface area contributed by atoms with Gasteiger partial charge in [0, 0.05) is 25.2 Å². The lowest BCUT2D eigenvalue weighted by molar-refractivity contribution is 0.216. The summed E-state index contributed by atoms with van der Waals surface area (Å²) in [6.45, 7) is 3.38. The Morgan fingerprint density at radius 3 is 3.09 bits per heavy atom. The molecule has 0 radical (unpaired) electrons. The van der Waals surface area contributed by atoms with Crippen LogP contribution in [0.4, 0.5) is 4.79 Å². The van der Waals surface area contributed by atoms with E-state index in [0.717, 1.165) is 29.1 Å². The highest BCUT2D eigenvalue weighted by atomic mass is 16.2. The van der Waals surface area contributed by atoms with Crippen LogP contribution in [-0.4, -0.2) is 48.6 Å². The van der Waals surface area contributed by atoms with Gasteiger partial charge in [-0.05, 0) is 12.0 Å². The van der Waals surface area contributed by atoms with E-state index in [4.69, 9.17) is 5.73 Å². The molecule has 1 saturated heterocycles. The molecular formula is C14H17N7O. The molecule has 1 fully saturated rings. The van der Waals surface area contributed by atoms with Crippen LogP contribution in [0.25, 0.3) is 16.8 Å². The van der Waals surface area contributed by atoms with Crippen molar-refractivity contribution in [1.29, 1.82) is 0 Å². The Bertz CT molecular complexity index is 851. The second-order valence-electron chi connectivity index (χ2n) is 5.74. The number of carbonyl (C=O) groups is 1. The minimum absolute atomic E-state index is 0.132. The van der Waals surface area contributed by atoms with Gasteiger partial charge in [-0.15, -0.1) is 10.2 Å². The van der Waals surface area contributed by atoms with Crippen molar-refractivity contribution >= 4 is 22.8 Å². The van der Waals surface area contributed by atoms with E-state index in [-0.39, 0.29) is 11.9 Å². The van der Waals surface area contributed by atoms with Crippen molar-refractivity contribution < 1.29 is 4.79 Å². The lowest BCUT2D eigenvalue weighted by Crippen LogP contribution is -2.33. The normalized spacial score (nSPS) is 22.0. The molecule has 0 unspecified atom stereocenters. The van der Waals surface area contributed by atoms with Gasteiger partial charge in [-0.3, -0.25) is 4.40 Å². The molecule has 3 aromatic rings. The van der Waals surface area contributed by atoms with Crippen molar-refractivity contribution in [3.63, 3.8) is 0 Å². The predicted molar refractivity (Wildman–Crippen MR) is 80.3 cm³/mol. The van der Waals surface area contributed by atoms with Gasteiger partial charge >= 0.3 is 6.03 Å². The van der Waals surface area contributed by atoms with Gasteiger partial charge in [0.25, 0.3) is 0 Å². The fourth-order valence-corrected chi connectivity index (χ4v) is 3.40. The van der Waals surface area contributed by atoms with Gasteiger partial charge in [0.1, 0.15) is 5.82 Å². The van der Waals surface area contributed by atoms with E-state index in [2.05, 4.69) is 27.1 Å². The molecule has 114 valence electrons. The third kappa shape index (κ3) is 1.76. The van der Waals surface area contributed by atoms with E-state index in [1.165, 1.54) is 0 Å². The zero-order valence-corrected chi connectivity index (χ0v) is 12.2. The minimum Gasteiger partial charge on any atom is -0.351 e. The number of hydrogen-bond acceptors (Lipinski definition) is 4. The summed E-state index contributed by atoms with van der Waals surface area (Å²) in [6, 6.07) is 1.59. The molecule has 22 heavy (non-hydrogen) atoms. The average Bonchev–Trinajstić information content (AvgIpc) is 3.22. The number of nitrogens with two attached hydrogens (primary N) is 1. The quantitative estimate of drug-likeness (QED) is 0.739. The van der Waals surface area contributed by atoms with E-state index in [0.29, 0.717) is 19.0 Å². The molecule has 0 bridgehead atoms. The highest BCUT2D eigenvalue weighted by Gasteiger charge is 2.37. The fourth-order valence-electron chi connectivity index (χ4n) is 3.40. The Morgan fingerprint density at radius 2 is 2.32 bits per heavy atom. The number of aromatic nitrogens is 5. The number of aromatic amines is 1. The van der Waals surface area contributed by atoms with Gasteiger partial charge in [0.15, 0.2) is 11.3 Å². The number of primary amides is 1. The highest BCUT2D eigenvalue weighted by Crippen LogP contribution is 2.34. The SMILES string of the molecule is CC[C@@H]1CN(C(N)=O)C[C@@H]1c1nnc2cnc3[nH]ccc3n12. The van der Waals surface area contributed by atoms with Gasteiger partial charge in [-0.1, -0.05) is 13.3 Å². The van der Waals surface area contributed by atoms with E-state index in [1.807, 2.05) is 16.7 Å². The van der Waals surface area contributed by atoms with Crippen molar-refractivity contribution in [2.75, 3.05) is 13.1 Å². The average molecular weight is 299 g/mol. The molecule has 4 heterocycles. The van der Waals surface area contributed by atoms with E-state index < -0.39 is 0 Å². The second-order valence-corrected chi connectivity index (χ2v) is 5.74. The Hall–Kier alpha value is -2.64. The highest BCUT2D eigenvalue weighted by molar-refractivity contribution is 5.74. The molecule has 0 aromatic carbocycles. The maximum absolute atomic E-state index is 11.5. The van der Waals surface area contributed by atoms with Crippen LogP contribution in [0.5, 0.6) is 0 Å². The third-order valence-electron chi connectivity index (χ3n) is 4.58. The standard InChI is InChI=1S/C14H17N7O/c1-2-8-6-20(14(15)22)7-9(8)13-19-18-11-5-17-12-10(21(11)13)3-4-16-12/h3-5,8-9,16H,2,6-7H2,1H3,(H2,15,22)/t8-,9+/m1/s1. The summed E-state index contributed by atoms with van der Waals surface area (Å²) in [4.78, 5) is 20.6. The van der Waals surface area contributed by atoms with Crippen LogP contribution < -0.4 is 5.73 Å². The molecule has 1 aliphatic heterocycles. The number of likely N-dealkylation sites (tertiary alicyclic amines) is 1. The lowest BCUT2D eigenvalue weighted by atomic mass is 9.93. The van der Waals surface area contributed by atoms with Gasteiger partial charge in [-0.25, -0.2) is 9.78 Å². The maximum Gasteiger partial charge on any atom is 0.314 e. The summed E-state index contributed by atoms with van der Waals surface area (Å²) in [5.41, 5.74) is 7.91. The summed E-state index contributed by atoms with van der Waals surface area (Å²) < 4.78 is 2.02. The molecular weight excluding hydrogens is 282 g/mol. The van der Waals surface area contributed by atoms with Crippen molar-refractivity contribution in [1.82, 2.24) is 29.5 Å². The molecule has 2 atom stereocenters. The first-order chi connectivity index (χ1) is 10.7. The van der Waals surface area contributed by atoms with Crippen LogP contribution >= 0.6 is 0 Å². The topological polar surface area (TPSA) is 105 Å². The summed E-state index contributed by atoms with van der Waals surface area (Å²) in [6.07, 6.45) is 4.52. The Labute approximate surface area is 126 Å². The largest absolute Gasteiger partial charge is 0.351 e. The van der Waals surface area contributed by atoms with Crippen LogP contribution in [-0.2, 0) is 0 Å². The molecule has 3 N–H and O–H groups in total. The lowest BCUT2D eigenvalue weighted by Gasteiger charge is -2.14. The van der Waals surface area contributed by atoms with Gasteiger partial charge in [-0.2, -0.15) is 0 Å². The van der Waals surface area contributed by atoms with Gasteiger partial charge in [0.05, 0.1) is 11.7 Å². The van der Waals surface area contributed by atoms with E-state index in [1.54, 1.807) is 11.1 Å². The minimum atomic E-state index is -0.372. The first-order valence-electron chi connectivity index (χ1n) is 7.40. The van der Waals surface area contributed by atoms with Crippen LogP contribution in [0, 0.1) is 5.92 Å². The van der Waals surface area contributed by atoms with Crippen molar-refractivity contribution in [3.05, 3.63) is 24.3 Å². The van der Waals surface area contributed by atoms with Gasteiger partial charge < -0.3 is 15.6 Å². The molecule has 8 nitrogen and oxygen atoms in total. The van der Waals surface area contributed by atoms with Crippen molar-refractivity contribution in [2.24, 2.45) is 11.7 Å². The molecule has 2 amide bonds. The fraction of sp³-hybridized carbons (Fsp3) is 0.429. The molecule has 1 aliphatic rings. The first-order valence-corrected chi connectivity index (χ1v) is 7.40. The second kappa shape index (κ2) is 4.69. The van der Waals surface area contributed by atoms with Gasteiger partial charge in [0.2, 0.25) is 0 Å². The number of fused-ring (bicyclic) bond motifs is 3. The number of amides is 2. The molecule has 0 spiro atoms. The summed E-state index contributed by atoms with van der Waals surface area (Å²) >= 11 is 0. The molecule has 0 saturated carbocycles. The number of hydrogen-bond donors (Lipinski definition) is 2. The van der Waals surface area contributed by atoms with Crippen LogP contribution in [0.2, 0.25) is 0 Å². The third-order valence-corrected chi connectivity index (χ3v) is 4.58. The predicted octanol–water partition coefficient (Wildman–Crippen LogP) is 1.11. The number of nitrogens with one attached hydrogen (secondary N) is 1. The molecule has 0 aliphatic carbocycles. The van der Waals surface area contributed by atoms with E-state index in [9.17, 15) is 4.79 Å². The molecule has 3 aromatic heterocycles. The first kappa shape index (κ1) is 13.1. The summed E-state index contributed by atoms with van der Waals surface area (Å²) in [5.74, 6) is 1.34.